The molecule has 0 saturated carbocycles. The maximum Gasteiger partial charge on any atom is 0.267 e. The third-order valence-electron chi connectivity index (χ3n) is 5.53. The van der Waals surface area contributed by atoms with Crippen LogP contribution < -0.4 is 13.9 Å². The van der Waals surface area contributed by atoms with E-state index < -0.39 is 10.0 Å². The van der Waals surface area contributed by atoms with Crippen molar-refractivity contribution in [3.05, 3.63) is 83.9 Å². The third kappa shape index (κ3) is 3.42. The standard InChI is InChI=1S/C24H22N4O3S/c1-17-11-13-19(14-12-17)32(29,30)28-16-27(15-18-7-3-6-10-22(18)31-2)23-24(28)26-21-9-5-4-8-20(21)25-23/h3-14H,15-16H2,1-2H3. The minimum Gasteiger partial charge on any atom is -0.496 e. The van der Waals surface area contributed by atoms with Crippen molar-refractivity contribution in [2.75, 3.05) is 23.0 Å². The van der Waals surface area contributed by atoms with Gasteiger partial charge in [0.25, 0.3) is 10.0 Å². The van der Waals surface area contributed by atoms with Gasteiger partial charge < -0.3 is 9.64 Å². The average molecular weight is 447 g/mol. The highest BCUT2D eigenvalue weighted by Gasteiger charge is 2.38. The van der Waals surface area contributed by atoms with Crippen molar-refractivity contribution in [2.45, 2.75) is 18.4 Å². The normalized spacial score (nSPS) is 13.4. The molecule has 0 aliphatic carbocycles. The summed E-state index contributed by atoms with van der Waals surface area (Å²) in [6, 6.07) is 22.0. The molecule has 0 spiro atoms. The van der Waals surface area contributed by atoms with E-state index in [9.17, 15) is 8.42 Å². The molecule has 4 aromatic rings. The lowest BCUT2D eigenvalue weighted by Gasteiger charge is -2.21. The smallest absolute Gasteiger partial charge is 0.267 e. The number of fused-ring (bicyclic) bond motifs is 2. The van der Waals surface area contributed by atoms with E-state index in [0.29, 0.717) is 29.2 Å². The fourth-order valence-electron chi connectivity index (χ4n) is 3.84. The molecule has 8 heteroatoms. The largest absolute Gasteiger partial charge is 0.496 e. The number of benzene rings is 3. The summed E-state index contributed by atoms with van der Waals surface area (Å²) in [7, 11) is -2.20. The fraction of sp³-hybridized carbons (Fsp3) is 0.167. The van der Waals surface area contributed by atoms with Crippen molar-refractivity contribution < 1.29 is 13.2 Å². The zero-order chi connectivity index (χ0) is 22.3. The topological polar surface area (TPSA) is 75.6 Å². The lowest BCUT2D eigenvalue weighted by atomic mass is 10.2. The van der Waals surface area contributed by atoms with Crippen molar-refractivity contribution in [1.82, 2.24) is 9.97 Å². The highest BCUT2D eigenvalue weighted by atomic mass is 32.2. The number of sulfonamides is 1. The third-order valence-corrected chi connectivity index (χ3v) is 7.27. The number of nitrogens with zero attached hydrogens (tertiary/aromatic N) is 4. The Balaban J connectivity index is 1.63. The molecule has 0 saturated heterocycles. The second-order valence-corrected chi connectivity index (χ2v) is 9.54. The number of rotatable bonds is 5. The predicted octanol–water partition coefficient (Wildman–Crippen LogP) is 4.12. The van der Waals surface area contributed by atoms with E-state index in [4.69, 9.17) is 14.7 Å². The summed E-state index contributed by atoms with van der Waals surface area (Å²) < 4.78 is 34.0. The summed E-state index contributed by atoms with van der Waals surface area (Å²) in [5.74, 6) is 1.60. The van der Waals surface area contributed by atoms with E-state index in [1.165, 1.54) is 4.31 Å². The number of aromatic nitrogens is 2. The highest BCUT2D eigenvalue weighted by molar-refractivity contribution is 7.92. The van der Waals surface area contributed by atoms with Crippen LogP contribution in [0.2, 0.25) is 0 Å². The molecule has 0 bridgehead atoms. The average Bonchev–Trinajstić information content (AvgIpc) is 3.16. The van der Waals surface area contributed by atoms with Gasteiger partial charge >= 0.3 is 0 Å². The van der Waals surface area contributed by atoms with Crippen LogP contribution in [0.25, 0.3) is 11.0 Å². The van der Waals surface area contributed by atoms with Gasteiger partial charge in [0.05, 0.1) is 23.0 Å². The summed E-state index contributed by atoms with van der Waals surface area (Å²) in [4.78, 5) is 11.6. The molecule has 2 heterocycles. The molecule has 0 amide bonds. The van der Waals surface area contributed by atoms with Crippen molar-refractivity contribution in [1.29, 1.82) is 0 Å². The summed E-state index contributed by atoms with van der Waals surface area (Å²) in [5, 5.41) is 0. The predicted molar refractivity (Wildman–Crippen MR) is 124 cm³/mol. The Hall–Kier alpha value is -3.65. The number of anilines is 2. The van der Waals surface area contributed by atoms with E-state index in [1.54, 1.807) is 31.4 Å². The van der Waals surface area contributed by atoms with Gasteiger partial charge in [-0.1, -0.05) is 48.0 Å². The number of para-hydroxylation sites is 3. The number of ether oxygens (including phenoxy) is 1. The zero-order valence-corrected chi connectivity index (χ0v) is 18.6. The molecule has 0 radical (unpaired) electrons. The lowest BCUT2D eigenvalue weighted by Crippen LogP contribution is -2.35. The molecule has 32 heavy (non-hydrogen) atoms. The molecule has 3 aromatic carbocycles. The van der Waals surface area contributed by atoms with E-state index in [2.05, 4.69) is 0 Å². The van der Waals surface area contributed by atoms with Gasteiger partial charge in [0, 0.05) is 12.1 Å². The van der Waals surface area contributed by atoms with Crippen LogP contribution in [0.4, 0.5) is 11.6 Å². The fourth-order valence-corrected chi connectivity index (χ4v) is 5.22. The maximum atomic E-state index is 13.6. The van der Waals surface area contributed by atoms with Crippen LogP contribution in [-0.2, 0) is 16.6 Å². The van der Waals surface area contributed by atoms with E-state index in [0.717, 1.165) is 16.9 Å². The molecule has 162 valence electrons. The molecule has 1 aliphatic heterocycles. The molecule has 5 rings (SSSR count). The maximum absolute atomic E-state index is 13.6. The summed E-state index contributed by atoms with van der Waals surface area (Å²) in [6.07, 6.45) is 0. The second kappa shape index (κ2) is 7.80. The first-order valence-corrected chi connectivity index (χ1v) is 11.6. The quantitative estimate of drug-likeness (QED) is 0.459. The van der Waals surface area contributed by atoms with Gasteiger partial charge in [-0.05, 0) is 37.3 Å². The van der Waals surface area contributed by atoms with Crippen molar-refractivity contribution in [3.8, 4) is 5.75 Å². The summed E-state index contributed by atoms with van der Waals surface area (Å²) >= 11 is 0. The molecular weight excluding hydrogens is 424 g/mol. The van der Waals surface area contributed by atoms with Crippen LogP contribution in [0, 0.1) is 6.92 Å². The molecule has 1 aliphatic rings. The number of hydrogen-bond acceptors (Lipinski definition) is 6. The van der Waals surface area contributed by atoms with E-state index >= 15 is 0 Å². The van der Waals surface area contributed by atoms with E-state index in [1.807, 2.05) is 60.4 Å². The molecule has 0 fully saturated rings. The summed E-state index contributed by atoms with van der Waals surface area (Å²) in [5.41, 5.74) is 3.29. The Morgan fingerprint density at radius 1 is 0.875 bits per heavy atom. The number of methoxy groups -OCH3 is 1. The highest BCUT2D eigenvalue weighted by Crippen LogP contribution is 2.39. The minimum atomic E-state index is -3.82. The SMILES string of the molecule is COc1ccccc1CN1CN(S(=O)(=O)c2ccc(C)cc2)c2nc3ccccc3nc21. The molecular formula is C24H22N4O3S. The van der Waals surface area contributed by atoms with Gasteiger partial charge in [-0.3, -0.25) is 0 Å². The summed E-state index contributed by atoms with van der Waals surface area (Å²) in [6.45, 7) is 2.47. The van der Waals surface area contributed by atoms with Gasteiger partial charge in [0.2, 0.25) is 0 Å². The van der Waals surface area contributed by atoms with Crippen LogP contribution in [0.3, 0.4) is 0 Å². The van der Waals surface area contributed by atoms with Crippen molar-refractivity contribution in [2.24, 2.45) is 0 Å². The van der Waals surface area contributed by atoms with Crippen LogP contribution in [0.1, 0.15) is 11.1 Å². The van der Waals surface area contributed by atoms with Gasteiger partial charge in [0.15, 0.2) is 11.6 Å². The Morgan fingerprint density at radius 2 is 1.50 bits per heavy atom. The first-order chi connectivity index (χ1) is 15.5. The van der Waals surface area contributed by atoms with Gasteiger partial charge in [-0.25, -0.2) is 22.7 Å². The molecule has 0 N–H and O–H groups in total. The first kappa shape index (κ1) is 20.3. The molecule has 0 atom stereocenters. The Kier molecular flexibility index (Phi) is 4.94. The molecule has 7 nitrogen and oxygen atoms in total. The molecule has 0 unspecified atom stereocenters. The second-order valence-electron chi connectivity index (χ2n) is 7.68. The van der Waals surface area contributed by atoms with Gasteiger partial charge in [0.1, 0.15) is 12.4 Å². The van der Waals surface area contributed by atoms with Crippen LogP contribution in [0.5, 0.6) is 5.75 Å². The Morgan fingerprint density at radius 3 is 2.19 bits per heavy atom. The van der Waals surface area contributed by atoms with Gasteiger partial charge in [-0.2, -0.15) is 0 Å². The van der Waals surface area contributed by atoms with Gasteiger partial charge in [-0.15, -0.1) is 0 Å². The zero-order valence-electron chi connectivity index (χ0n) is 17.8. The minimum absolute atomic E-state index is 0.111. The van der Waals surface area contributed by atoms with Crippen molar-refractivity contribution in [3.63, 3.8) is 0 Å². The Bertz CT molecular complexity index is 1400. The Labute approximate surface area is 187 Å². The van der Waals surface area contributed by atoms with E-state index in [-0.39, 0.29) is 11.6 Å². The lowest BCUT2D eigenvalue weighted by molar-refractivity contribution is 0.409. The van der Waals surface area contributed by atoms with Crippen molar-refractivity contribution >= 4 is 32.7 Å². The molecule has 1 aromatic heterocycles. The van der Waals surface area contributed by atoms with Crippen LogP contribution in [-0.4, -0.2) is 32.2 Å². The number of hydrogen-bond donors (Lipinski definition) is 0. The number of aryl methyl sites for hydroxylation is 1. The van der Waals surface area contributed by atoms with Crippen LogP contribution >= 0.6 is 0 Å². The van der Waals surface area contributed by atoms with Crippen LogP contribution in [0.15, 0.2) is 77.7 Å². The monoisotopic (exact) mass is 446 g/mol. The first-order valence-electron chi connectivity index (χ1n) is 10.2.